The Labute approximate surface area is 215 Å². The third-order valence-corrected chi connectivity index (χ3v) is 8.00. The van der Waals surface area contributed by atoms with Crippen LogP contribution in [0.25, 0.3) is 60.8 Å². The van der Waals surface area contributed by atoms with Crippen molar-refractivity contribution in [2.24, 2.45) is 5.92 Å². The molecule has 0 saturated carbocycles. The fourth-order valence-corrected chi connectivity index (χ4v) is 6.34. The molecule has 1 nitrogen and oxygen atoms in total. The van der Waals surface area contributed by atoms with Crippen molar-refractivity contribution in [1.82, 2.24) is 0 Å². The first-order valence-corrected chi connectivity index (χ1v) is 13.0. The van der Waals surface area contributed by atoms with E-state index in [1.165, 1.54) is 54.7 Å². The molecule has 0 saturated heterocycles. The van der Waals surface area contributed by atoms with Gasteiger partial charge in [0.1, 0.15) is 11.3 Å². The lowest BCUT2D eigenvalue weighted by atomic mass is 9.80. The van der Waals surface area contributed by atoms with Gasteiger partial charge in [-0.3, -0.25) is 0 Å². The molecule has 0 aliphatic heterocycles. The highest BCUT2D eigenvalue weighted by Gasteiger charge is 2.29. The smallest absolute Gasteiger partial charge is 0.134 e. The minimum absolute atomic E-state index is 0.271. The fraction of sp³-hybridized carbons (Fsp3) is 0.0556. The summed E-state index contributed by atoms with van der Waals surface area (Å²) in [4.78, 5) is 0. The first-order chi connectivity index (χ1) is 18.4. The summed E-state index contributed by atoms with van der Waals surface area (Å²) in [5, 5.41) is 6.28. The van der Waals surface area contributed by atoms with Crippen molar-refractivity contribution in [3.05, 3.63) is 139 Å². The lowest BCUT2D eigenvalue weighted by molar-refractivity contribution is 0.492. The highest BCUT2D eigenvalue weighted by atomic mass is 16.3. The van der Waals surface area contributed by atoms with E-state index in [0.717, 1.165) is 11.3 Å². The van der Waals surface area contributed by atoms with Gasteiger partial charge in [0.25, 0.3) is 0 Å². The molecule has 174 valence electrons. The van der Waals surface area contributed by atoms with Gasteiger partial charge in [0.05, 0.1) is 0 Å². The van der Waals surface area contributed by atoms with Crippen LogP contribution in [0, 0.1) is 5.92 Å². The summed E-state index contributed by atoms with van der Waals surface area (Å²) >= 11 is 0. The van der Waals surface area contributed by atoms with Gasteiger partial charge in [-0.05, 0) is 55.9 Å². The Kier molecular flexibility index (Phi) is 4.41. The minimum atomic E-state index is 0.271. The first kappa shape index (κ1) is 20.6. The maximum absolute atomic E-state index is 6.47. The van der Waals surface area contributed by atoms with Gasteiger partial charge in [-0.25, -0.2) is 0 Å². The van der Waals surface area contributed by atoms with E-state index in [1.54, 1.807) is 0 Å². The van der Waals surface area contributed by atoms with Crippen molar-refractivity contribution in [1.29, 1.82) is 0 Å². The Morgan fingerprint density at radius 3 is 1.84 bits per heavy atom. The van der Waals surface area contributed by atoms with Crippen molar-refractivity contribution in [2.75, 3.05) is 0 Å². The maximum atomic E-state index is 6.47. The Hall–Kier alpha value is -4.62. The van der Waals surface area contributed by atoms with E-state index in [4.69, 9.17) is 4.42 Å². The Morgan fingerprint density at radius 2 is 1.14 bits per heavy atom. The van der Waals surface area contributed by atoms with Gasteiger partial charge in [-0.1, -0.05) is 121 Å². The predicted molar refractivity (Wildman–Crippen MR) is 156 cm³/mol. The molecule has 0 fully saturated rings. The van der Waals surface area contributed by atoms with Crippen LogP contribution in [-0.2, 0) is 0 Å². The molecule has 0 radical (unpaired) electrons. The topological polar surface area (TPSA) is 13.1 Å². The van der Waals surface area contributed by atoms with E-state index >= 15 is 0 Å². The second-order valence-corrected chi connectivity index (χ2v) is 10.0. The summed E-state index contributed by atoms with van der Waals surface area (Å²) in [6.07, 6.45) is 13.4. The average molecular weight is 473 g/mol. The van der Waals surface area contributed by atoms with Crippen LogP contribution in [0.4, 0.5) is 0 Å². The van der Waals surface area contributed by atoms with E-state index in [-0.39, 0.29) is 5.92 Å². The average Bonchev–Trinajstić information content (AvgIpc) is 3.35. The van der Waals surface area contributed by atoms with E-state index in [2.05, 4.69) is 134 Å². The summed E-state index contributed by atoms with van der Waals surface area (Å²) in [5.74, 6) is 1.72. The van der Waals surface area contributed by atoms with Crippen LogP contribution in [0.15, 0.2) is 132 Å². The molecule has 0 N–H and O–H groups in total. The summed E-state index contributed by atoms with van der Waals surface area (Å²) in [6, 6.07) is 35.1. The third-order valence-electron chi connectivity index (χ3n) is 8.00. The molecular formula is C36H24O. The second kappa shape index (κ2) is 7.94. The van der Waals surface area contributed by atoms with Gasteiger partial charge in [0.15, 0.2) is 0 Å². The zero-order valence-electron chi connectivity index (χ0n) is 20.3. The molecule has 8 rings (SSSR count). The zero-order valence-corrected chi connectivity index (χ0v) is 20.3. The number of fused-ring (bicyclic) bond motifs is 7. The van der Waals surface area contributed by atoms with Crippen molar-refractivity contribution >= 4 is 38.6 Å². The number of hydrogen-bond acceptors (Lipinski definition) is 1. The highest BCUT2D eigenvalue weighted by Crippen LogP contribution is 2.46. The van der Waals surface area contributed by atoms with Crippen LogP contribution in [-0.4, -0.2) is 0 Å². The number of allylic oxidation sites excluding steroid dienone is 5. The molecule has 37 heavy (non-hydrogen) atoms. The molecule has 0 spiro atoms. The molecule has 0 bridgehead atoms. The quantitative estimate of drug-likeness (QED) is 0.229. The molecule has 5 aromatic carbocycles. The van der Waals surface area contributed by atoms with Gasteiger partial charge in [-0.2, -0.15) is 0 Å². The summed E-state index contributed by atoms with van der Waals surface area (Å²) in [5.41, 5.74) is 7.21. The first-order valence-electron chi connectivity index (χ1n) is 13.0. The number of rotatable bonds is 2. The van der Waals surface area contributed by atoms with Crippen LogP contribution in [0.2, 0.25) is 0 Å². The van der Waals surface area contributed by atoms with Gasteiger partial charge < -0.3 is 4.42 Å². The summed E-state index contributed by atoms with van der Waals surface area (Å²) in [7, 11) is 0. The fourth-order valence-electron chi connectivity index (χ4n) is 6.34. The highest BCUT2D eigenvalue weighted by molar-refractivity contribution is 6.21. The zero-order chi connectivity index (χ0) is 24.3. The molecule has 2 atom stereocenters. The van der Waals surface area contributed by atoms with Gasteiger partial charge in [-0.15, -0.1) is 0 Å². The van der Waals surface area contributed by atoms with Gasteiger partial charge >= 0.3 is 0 Å². The Bertz CT molecular complexity index is 1870. The lowest BCUT2D eigenvalue weighted by Crippen LogP contribution is -2.11. The predicted octanol–water partition coefficient (Wildman–Crippen LogP) is 9.93. The molecular weight excluding hydrogens is 448 g/mol. The SMILES string of the molecule is C1=CC2C=Cc3c(oc4ccc(-c5c6ccccc6c(-c6ccccc6)c6ccccc56)cc34)C2C=C1. The normalized spacial score (nSPS) is 17.9. The van der Waals surface area contributed by atoms with E-state index in [1.807, 2.05) is 0 Å². The molecule has 0 amide bonds. The summed E-state index contributed by atoms with van der Waals surface area (Å²) in [6.45, 7) is 0. The third kappa shape index (κ3) is 3.04. The summed E-state index contributed by atoms with van der Waals surface area (Å²) < 4.78 is 6.47. The maximum Gasteiger partial charge on any atom is 0.134 e. The lowest BCUT2D eigenvalue weighted by Gasteiger charge is -2.23. The van der Waals surface area contributed by atoms with Crippen molar-refractivity contribution in [2.45, 2.75) is 5.92 Å². The van der Waals surface area contributed by atoms with Crippen molar-refractivity contribution < 1.29 is 4.42 Å². The van der Waals surface area contributed by atoms with Crippen molar-refractivity contribution in [3.8, 4) is 22.3 Å². The standard InChI is InChI=1S/C36H24O/c1-2-11-24(12-3-1)34-27-14-6-8-16-29(27)35(30-17-9-7-15-28(30)34)25-19-21-33-32(22-25)31-20-18-23-10-4-5-13-26(23)36(31)37-33/h1-23,26H. The van der Waals surface area contributed by atoms with Crippen LogP contribution in [0.3, 0.4) is 0 Å². The largest absolute Gasteiger partial charge is 0.460 e. The van der Waals surface area contributed by atoms with Crippen LogP contribution in [0.5, 0.6) is 0 Å². The molecule has 6 aromatic rings. The second-order valence-electron chi connectivity index (χ2n) is 10.0. The monoisotopic (exact) mass is 472 g/mol. The number of furan rings is 1. The van der Waals surface area contributed by atoms with Gasteiger partial charge in [0.2, 0.25) is 0 Å². The van der Waals surface area contributed by atoms with Crippen molar-refractivity contribution in [3.63, 3.8) is 0 Å². The van der Waals surface area contributed by atoms with Crippen LogP contribution < -0.4 is 0 Å². The van der Waals surface area contributed by atoms with Crippen LogP contribution >= 0.6 is 0 Å². The molecule has 1 aromatic heterocycles. The van der Waals surface area contributed by atoms with Crippen LogP contribution in [0.1, 0.15) is 17.2 Å². The molecule has 1 heterocycles. The molecule has 1 heteroatoms. The van der Waals surface area contributed by atoms with E-state index in [0.29, 0.717) is 5.92 Å². The van der Waals surface area contributed by atoms with E-state index < -0.39 is 0 Å². The van der Waals surface area contributed by atoms with Gasteiger partial charge in [0, 0.05) is 22.8 Å². The Balaban J connectivity index is 1.43. The number of hydrogen-bond donors (Lipinski definition) is 0. The molecule has 2 unspecified atom stereocenters. The van der Waals surface area contributed by atoms with E-state index in [9.17, 15) is 0 Å². The minimum Gasteiger partial charge on any atom is -0.460 e. The molecule has 2 aliphatic carbocycles. The molecule has 2 aliphatic rings. The number of benzene rings is 5. The Morgan fingerprint density at radius 1 is 0.514 bits per heavy atom.